The monoisotopic (exact) mass is 395 g/mol. The second-order valence-electron chi connectivity index (χ2n) is 6.23. The lowest BCUT2D eigenvalue weighted by molar-refractivity contribution is -0.157. The van der Waals surface area contributed by atoms with Crippen molar-refractivity contribution in [2.24, 2.45) is 0 Å². The lowest BCUT2D eigenvalue weighted by atomic mass is 10.2. The number of pyridine rings is 1. The molecule has 0 amide bonds. The van der Waals surface area contributed by atoms with Crippen LogP contribution in [0.4, 0.5) is 13.2 Å². The van der Waals surface area contributed by atoms with Crippen molar-refractivity contribution in [2.75, 3.05) is 0 Å². The van der Waals surface area contributed by atoms with E-state index in [9.17, 15) is 13.2 Å². The summed E-state index contributed by atoms with van der Waals surface area (Å²) in [7, 11) is 0. The molecular weight excluding hydrogens is 383 g/mol. The molecule has 0 aliphatic rings. The van der Waals surface area contributed by atoms with Gasteiger partial charge in [-0.05, 0) is 55.0 Å². The molecule has 4 rings (SSSR count). The smallest absolute Gasteiger partial charge is 0.413 e. The van der Waals surface area contributed by atoms with Gasteiger partial charge in [0.2, 0.25) is 5.89 Å². The third kappa shape index (κ3) is 3.60. The predicted octanol–water partition coefficient (Wildman–Crippen LogP) is 4.78. The zero-order valence-electron chi connectivity index (χ0n) is 15.0. The van der Waals surface area contributed by atoms with Crippen LogP contribution in [0.3, 0.4) is 0 Å². The standard InChI is InChI=1S/C20H12F3N5O/c1-12-8-16-17(28(12)15-5-2-13(10-24)3-6-15)9-14(11-25-16)4-7-18-26-27-19(29-18)20(21,22)23/h2-9,11H,1H3. The third-order valence-electron chi connectivity index (χ3n) is 4.21. The SMILES string of the molecule is Cc1cc2ncc(C=Cc3nnc(C(F)(F)F)o3)cc2n1-c1ccc(C#N)cc1. The first-order valence-electron chi connectivity index (χ1n) is 8.42. The molecule has 144 valence electrons. The zero-order valence-corrected chi connectivity index (χ0v) is 15.0. The Morgan fingerprint density at radius 3 is 2.52 bits per heavy atom. The quantitative estimate of drug-likeness (QED) is 0.499. The molecule has 0 aliphatic carbocycles. The van der Waals surface area contributed by atoms with Gasteiger partial charge in [-0.15, -0.1) is 10.2 Å². The lowest BCUT2D eigenvalue weighted by Gasteiger charge is -2.08. The Balaban J connectivity index is 1.70. The van der Waals surface area contributed by atoms with E-state index in [0.717, 1.165) is 22.4 Å². The van der Waals surface area contributed by atoms with E-state index in [-0.39, 0.29) is 5.89 Å². The maximum absolute atomic E-state index is 12.5. The number of hydrogen-bond acceptors (Lipinski definition) is 5. The Morgan fingerprint density at radius 1 is 1.10 bits per heavy atom. The molecule has 0 N–H and O–H groups in total. The molecule has 9 heteroatoms. The van der Waals surface area contributed by atoms with Crippen molar-refractivity contribution in [3.63, 3.8) is 0 Å². The fourth-order valence-corrected chi connectivity index (χ4v) is 2.92. The first kappa shape index (κ1) is 18.4. The minimum absolute atomic E-state index is 0.254. The number of aryl methyl sites for hydroxylation is 1. The van der Waals surface area contributed by atoms with Crippen molar-refractivity contribution in [2.45, 2.75) is 13.1 Å². The highest BCUT2D eigenvalue weighted by molar-refractivity contribution is 5.82. The van der Waals surface area contributed by atoms with Gasteiger partial charge in [-0.25, -0.2) is 0 Å². The van der Waals surface area contributed by atoms with Gasteiger partial charge in [0.25, 0.3) is 0 Å². The van der Waals surface area contributed by atoms with E-state index in [4.69, 9.17) is 5.26 Å². The van der Waals surface area contributed by atoms with Crippen LogP contribution in [0.15, 0.2) is 47.0 Å². The highest BCUT2D eigenvalue weighted by Crippen LogP contribution is 2.28. The fourth-order valence-electron chi connectivity index (χ4n) is 2.92. The van der Waals surface area contributed by atoms with Gasteiger partial charge in [0.1, 0.15) is 0 Å². The van der Waals surface area contributed by atoms with Crippen molar-refractivity contribution in [1.29, 1.82) is 5.26 Å². The van der Waals surface area contributed by atoms with Gasteiger partial charge < -0.3 is 8.98 Å². The van der Waals surface area contributed by atoms with Crippen LogP contribution in [0.5, 0.6) is 0 Å². The van der Waals surface area contributed by atoms with Crippen LogP contribution in [0.25, 0.3) is 28.9 Å². The molecule has 6 nitrogen and oxygen atoms in total. The van der Waals surface area contributed by atoms with Crippen molar-refractivity contribution in [3.8, 4) is 11.8 Å². The largest absolute Gasteiger partial charge is 0.470 e. The van der Waals surface area contributed by atoms with Crippen LogP contribution in [-0.4, -0.2) is 19.7 Å². The van der Waals surface area contributed by atoms with Gasteiger partial charge in [0.05, 0.1) is 22.7 Å². The van der Waals surface area contributed by atoms with Gasteiger partial charge in [0.15, 0.2) is 0 Å². The average molecular weight is 395 g/mol. The molecule has 0 fully saturated rings. The fraction of sp³-hybridized carbons (Fsp3) is 0.100. The second-order valence-corrected chi connectivity index (χ2v) is 6.23. The van der Waals surface area contributed by atoms with Gasteiger partial charge >= 0.3 is 12.1 Å². The van der Waals surface area contributed by atoms with Crippen LogP contribution in [0, 0.1) is 18.3 Å². The Labute approximate surface area is 162 Å². The zero-order chi connectivity index (χ0) is 20.6. The number of nitrogens with zero attached hydrogens (tertiary/aromatic N) is 5. The number of nitriles is 1. The molecule has 0 unspecified atom stereocenters. The molecule has 0 saturated carbocycles. The first-order chi connectivity index (χ1) is 13.8. The number of hydrogen-bond donors (Lipinski definition) is 0. The normalized spacial score (nSPS) is 12.0. The molecule has 1 aromatic carbocycles. The molecule has 0 saturated heterocycles. The van der Waals surface area contributed by atoms with E-state index in [0.29, 0.717) is 11.1 Å². The lowest BCUT2D eigenvalue weighted by Crippen LogP contribution is -2.04. The highest BCUT2D eigenvalue weighted by Gasteiger charge is 2.37. The van der Waals surface area contributed by atoms with Crippen molar-refractivity contribution in [3.05, 3.63) is 71.2 Å². The molecule has 29 heavy (non-hydrogen) atoms. The maximum Gasteiger partial charge on any atom is 0.470 e. The summed E-state index contributed by atoms with van der Waals surface area (Å²) in [5, 5.41) is 15.3. The molecular formula is C20H12F3N5O. The number of alkyl halides is 3. The Hall–Kier alpha value is -3.93. The summed E-state index contributed by atoms with van der Waals surface area (Å²) in [4.78, 5) is 4.41. The Kier molecular flexibility index (Phi) is 4.39. The number of rotatable bonds is 3. The van der Waals surface area contributed by atoms with Gasteiger partial charge in [-0.3, -0.25) is 4.98 Å². The summed E-state index contributed by atoms with van der Waals surface area (Å²) in [5.74, 6) is -1.65. The van der Waals surface area contributed by atoms with Crippen molar-refractivity contribution < 1.29 is 17.6 Å². The summed E-state index contributed by atoms with van der Waals surface area (Å²) < 4.78 is 44.2. The summed E-state index contributed by atoms with van der Waals surface area (Å²) >= 11 is 0. The molecule has 0 spiro atoms. The van der Waals surface area contributed by atoms with Crippen molar-refractivity contribution >= 4 is 23.2 Å². The van der Waals surface area contributed by atoms with Gasteiger partial charge in [0, 0.05) is 23.7 Å². The minimum Gasteiger partial charge on any atom is -0.413 e. The first-order valence-corrected chi connectivity index (χ1v) is 8.42. The molecule has 0 radical (unpaired) electrons. The van der Waals surface area contributed by atoms with Crippen LogP contribution in [0.2, 0.25) is 0 Å². The maximum atomic E-state index is 12.5. The summed E-state index contributed by atoms with van der Waals surface area (Å²) in [5.41, 5.74) is 4.60. The third-order valence-corrected chi connectivity index (χ3v) is 4.21. The number of halogens is 3. The van der Waals surface area contributed by atoms with E-state index in [1.807, 2.05) is 35.8 Å². The summed E-state index contributed by atoms with van der Waals surface area (Å²) in [6.45, 7) is 1.94. The summed E-state index contributed by atoms with van der Waals surface area (Å²) in [6, 6.07) is 13.0. The second kappa shape index (κ2) is 6.91. The van der Waals surface area contributed by atoms with Crippen LogP contribution < -0.4 is 0 Å². The molecule has 0 aliphatic heterocycles. The molecule has 4 aromatic rings. The number of aromatic nitrogens is 4. The number of fused-ring (bicyclic) bond motifs is 1. The molecule has 0 atom stereocenters. The van der Waals surface area contributed by atoms with E-state index in [1.165, 1.54) is 6.08 Å². The predicted molar refractivity (Wildman–Crippen MR) is 98.7 cm³/mol. The van der Waals surface area contributed by atoms with Crippen molar-refractivity contribution in [1.82, 2.24) is 19.7 Å². The van der Waals surface area contributed by atoms with E-state index >= 15 is 0 Å². The summed E-state index contributed by atoms with van der Waals surface area (Å²) in [6.07, 6.45) is -0.236. The average Bonchev–Trinajstić information content (AvgIpc) is 3.30. The van der Waals surface area contributed by atoms with E-state index in [2.05, 4.69) is 25.7 Å². The number of benzene rings is 1. The van der Waals surface area contributed by atoms with Crippen LogP contribution >= 0.6 is 0 Å². The van der Waals surface area contributed by atoms with E-state index < -0.39 is 12.1 Å². The Bertz CT molecular complexity index is 1260. The minimum atomic E-state index is -4.68. The van der Waals surface area contributed by atoms with Crippen LogP contribution in [-0.2, 0) is 6.18 Å². The highest BCUT2D eigenvalue weighted by atomic mass is 19.4. The van der Waals surface area contributed by atoms with E-state index in [1.54, 1.807) is 24.4 Å². The van der Waals surface area contributed by atoms with Crippen LogP contribution in [0.1, 0.15) is 28.6 Å². The Morgan fingerprint density at radius 2 is 1.86 bits per heavy atom. The topological polar surface area (TPSA) is 80.5 Å². The van der Waals surface area contributed by atoms with Gasteiger partial charge in [-0.1, -0.05) is 0 Å². The molecule has 3 aromatic heterocycles. The van der Waals surface area contributed by atoms with Gasteiger partial charge in [-0.2, -0.15) is 18.4 Å². The molecule has 0 bridgehead atoms. The molecule has 3 heterocycles.